The highest BCUT2D eigenvalue weighted by atomic mass is 16.5. The van der Waals surface area contributed by atoms with Gasteiger partial charge in [-0.2, -0.15) is 0 Å². The van der Waals surface area contributed by atoms with Crippen molar-refractivity contribution >= 4 is 0 Å². The predicted octanol–water partition coefficient (Wildman–Crippen LogP) is 2.12. The molecule has 0 fully saturated rings. The minimum Gasteiger partial charge on any atom is -0.491 e. The van der Waals surface area contributed by atoms with Crippen molar-refractivity contribution < 1.29 is 9.84 Å². The van der Waals surface area contributed by atoms with Crippen LogP contribution in [0, 0.1) is 0 Å². The molecule has 3 nitrogen and oxygen atoms in total. The summed E-state index contributed by atoms with van der Waals surface area (Å²) in [6, 6.07) is 8.36. The maximum absolute atomic E-state index is 8.63. The fraction of sp³-hybridized carbons (Fsp3) is 0.538. The normalized spacial score (nSPS) is 12.4. The summed E-state index contributed by atoms with van der Waals surface area (Å²) in [5.74, 6) is 0.806. The summed E-state index contributed by atoms with van der Waals surface area (Å²) in [6.07, 6.45) is 1.14. The van der Waals surface area contributed by atoms with Gasteiger partial charge in [-0.3, -0.25) is 0 Å². The largest absolute Gasteiger partial charge is 0.491 e. The monoisotopic (exact) mass is 223 g/mol. The zero-order valence-corrected chi connectivity index (χ0v) is 10.1. The molecule has 0 aromatic heterocycles. The molecule has 0 spiro atoms. The van der Waals surface area contributed by atoms with Gasteiger partial charge in [0, 0.05) is 6.04 Å². The van der Waals surface area contributed by atoms with Gasteiger partial charge in [-0.05, 0) is 37.6 Å². The number of rotatable bonds is 7. The molecule has 0 saturated heterocycles. The maximum Gasteiger partial charge on any atom is 0.119 e. The van der Waals surface area contributed by atoms with Crippen LogP contribution in [0.4, 0.5) is 0 Å². The Balaban J connectivity index is 2.49. The molecule has 3 heteroatoms. The number of aliphatic hydroxyl groups excluding tert-OH is 1. The van der Waals surface area contributed by atoms with E-state index in [1.165, 1.54) is 5.56 Å². The van der Waals surface area contributed by atoms with Crippen molar-refractivity contribution in [3.8, 4) is 5.75 Å². The first-order valence-corrected chi connectivity index (χ1v) is 5.85. The molecule has 16 heavy (non-hydrogen) atoms. The van der Waals surface area contributed by atoms with E-state index >= 15 is 0 Å². The first kappa shape index (κ1) is 13.0. The van der Waals surface area contributed by atoms with Crippen LogP contribution >= 0.6 is 0 Å². The van der Waals surface area contributed by atoms with E-state index in [0.29, 0.717) is 12.6 Å². The zero-order chi connectivity index (χ0) is 11.8. The molecule has 1 atom stereocenters. The van der Waals surface area contributed by atoms with Crippen LogP contribution in [0.2, 0.25) is 0 Å². The van der Waals surface area contributed by atoms with Crippen LogP contribution in [-0.4, -0.2) is 24.9 Å². The van der Waals surface area contributed by atoms with E-state index in [4.69, 9.17) is 9.84 Å². The minimum absolute atomic E-state index is 0.0518. The summed E-state index contributed by atoms with van der Waals surface area (Å²) in [4.78, 5) is 0. The Hall–Kier alpha value is -1.06. The Morgan fingerprint density at radius 3 is 2.56 bits per heavy atom. The third-order valence-electron chi connectivity index (χ3n) is 2.44. The molecule has 0 heterocycles. The van der Waals surface area contributed by atoms with Gasteiger partial charge in [-0.1, -0.05) is 19.1 Å². The number of hydrogen-bond acceptors (Lipinski definition) is 3. The van der Waals surface area contributed by atoms with Crippen molar-refractivity contribution in [2.45, 2.75) is 26.3 Å². The molecular formula is C13H21NO2. The van der Waals surface area contributed by atoms with Gasteiger partial charge in [0.1, 0.15) is 12.4 Å². The lowest BCUT2D eigenvalue weighted by Gasteiger charge is -2.14. The summed E-state index contributed by atoms with van der Waals surface area (Å²) in [5, 5.41) is 12.1. The summed E-state index contributed by atoms with van der Waals surface area (Å²) < 4.78 is 5.30. The Morgan fingerprint density at radius 2 is 2.00 bits per heavy atom. The average molecular weight is 223 g/mol. The van der Waals surface area contributed by atoms with Gasteiger partial charge in [0.05, 0.1) is 6.61 Å². The molecule has 0 amide bonds. The second-order valence-electron chi connectivity index (χ2n) is 3.82. The summed E-state index contributed by atoms with van der Waals surface area (Å²) in [7, 11) is 0. The summed E-state index contributed by atoms with van der Waals surface area (Å²) in [6.45, 7) is 5.74. The molecule has 2 N–H and O–H groups in total. The first-order chi connectivity index (χ1) is 7.77. The lowest BCUT2D eigenvalue weighted by Crippen LogP contribution is -2.19. The molecule has 0 saturated carbocycles. The third kappa shape index (κ3) is 4.21. The number of benzene rings is 1. The van der Waals surface area contributed by atoms with Gasteiger partial charge in [0.2, 0.25) is 0 Å². The van der Waals surface area contributed by atoms with Crippen molar-refractivity contribution in [1.82, 2.24) is 5.32 Å². The standard InChI is InChI=1S/C13H21NO2/c1-3-8-14-11(2)12-4-6-13(7-5-12)16-10-9-15/h4-7,11,14-15H,3,8-10H2,1-2H3. The van der Waals surface area contributed by atoms with E-state index in [1.807, 2.05) is 12.1 Å². The molecule has 1 unspecified atom stereocenters. The van der Waals surface area contributed by atoms with Crippen molar-refractivity contribution in [2.75, 3.05) is 19.8 Å². The van der Waals surface area contributed by atoms with E-state index in [2.05, 4.69) is 31.3 Å². The maximum atomic E-state index is 8.63. The van der Waals surface area contributed by atoms with Crippen LogP contribution in [0.15, 0.2) is 24.3 Å². The highest BCUT2D eigenvalue weighted by Gasteiger charge is 2.03. The third-order valence-corrected chi connectivity index (χ3v) is 2.44. The van der Waals surface area contributed by atoms with E-state index in [1.54, 1.807) is 0 Å². The molecule has 1 aromatic rings. The summed E-state index contributed by atoms with van der Waals surface area (Å²) >= 11 is 0. The fourth-order valence-electron chi connectivity index (χ4n) is 1.49. The van der Waals surface area contributed by atoms with Gasteiger partial charge in [0.15, 0.2) is 0 Å². The smallest absolute Gasteiger partial charge is 0.119 e. The predicted molar refractivity (Wildman–Crippen MR) is 65.7 cm³/mol. The lowest BCUT2D eigenvalue weighted by molar-refractivity contribution is 0.201. The van der Waals surface area contributed by atoms with Gasteiger partial charge >= 0.3 is 0 Å². The molecule has 0 aliphatic rings. The first-order valence-electron chi connectivity index (χ1n) is 5.85. The van der Waals surface area contributed by atoms with Crippen LogP contribution < -0.4 is 10.1 Å². The van der Waals surface area contributed by atoms with Crippen LogP contribution in [-0.2, 0) is 0 Å². The molecule has 1 aromatic carbocycles. The van der Waals surface area contributed by atoms with Crippen LogP contribution in [0.25, 0.3) is 0 Å². The Kier molecular flexibility index (Phi) is 5.90. The topological polar surface area (TPSA) is 41.5 Å². The van der Waals surface area contributed by atoms with Gasteiger partial charge in [0.25, 0.3) is 0 Å². The SMILES string of the molecule is CCCNC(C)c1ccc(OCCO)cc1. The minimum atomic E-state index is 0.0518. The second-order valence-corrected chi connectivity index (χ2v) is 3.82. The van der Waals surface area contributed by atoms with E-state index in [-0.39, 0.29) is 6.61 Å². The van der Waals surface area contributed by atoms with E-state index in [0.717, 1.165) is 18.7 Å². The van der Waals surface area contributed by atoms with E-state index in [9.17, 15) is 0 Å². The molecule has 90 valence electrons. The van der Waals surface area contributed by atoms with Crippen molar-refractivity contribution in [1.29, 1.82) is 0 Å². The molecule has 0 bridgehead atoms. The number of hydrogen-bond donors (Lipinski definition) is 2. The number of ether oxygens (including phenoxy) is 1. The second kappa shape index (κ2) is 7.25. The van der Waals surface area contributed by atoms with Crippen LogP contribution in [0.5, 0.6) is 5.75 Å². The fourth-order valence-corrected chi connectivity index (χ4v) is 1.49. The number of aliphatic hydroxyl groups is 1. The molecule has 1 rings (SSSR count). The molecule has 0 radical (unpaired) electrons. The Bertz CT molecular complexity index is 284. The zero-order valence-electron chi connectivity index (χ0n) is 10.1. The van der Waals surface area contributed by atoms with Crippen LogP contribution in [0.1, 0.15) is 31.9 Å². The van der Waals surface area contributed by atoms with Gasteiger partial charge in [-0.25, -0.2) is 0 Å². The molecule has 0 aliphatic carbocycles. The molecular weight excluding hydrogens is 202 g/mol. The summed E-state index contributed by atoms with van der Waals surface area (Å²) in [5.41, 5.74) is 1.25. The van der Waals surface area contributed by atoms with Crippen LogP contribution in [0.3, 0.4) is 0 Å². The lowest BCUT2D eigenvalue weighted by atomic mass is 10.1. The van der Waals surface area contributed by atoms with Crippen molar-refractivity contribution in [3.05, 3.63) is 29.8 Å². The van der Waals surface area contributed by atoms with Crippen molar-refractivity contribution in [2.24, 2.45) is 0 Å². The van der Waals surface area contributed by atoms with E-state index < -0.39 is 0 Å². The van der Waals surface area contributed by atoms with Crippen molar-refractivity contribution in [3.63, 3.8) is 0 Å². The Morgan fingerprint density at radius 1 is 1.31 bits per heavy atom. The highest BCUT2D eigenvalue weighted by molar-refractivity contribution is 5.28. The Labute approximate surface area is 97.4 Å². The average Bonchev–Trinajstić information content (AvgIpc) is 2.34. The van der Waals surface area contributed by atoms with Gasteiger partial charge in [-0.15, -0.1) is 0 Å². The quantitative estimate of drug-likeness (QED) is 0.744. The molecule has 0 aliphatic heterocycles. The van der Waals surface area contributed by atoms with Gasteiger partial charge < -0.3 is 15.2 Å². The highest BCUT2D eigenvalue weighted by Crippen LogP contribution is 2.17. The number of nitrogens with one attached hydrogen (secondary N) is 1.